The Kier molecular flexibility index (Phi) is 3.21. The van der Waals surface area contributed by atoms with Crippen LogP contribution < -0.4 is 5.73 Å². The lowest BCUT2D eigenvalue weighted by Gasteiger charge is -2.38. The summed E-state index contributed by atoms with van der Waals surface area (Å²) in [6.07, 6.45) is 1.36. The Balaban J connectivity index is 1.89. The summed E-state index contributed by atoms with van der Waals surface area (Å²) in [7, 11) is 0. The van der Waals surface area contributed by atoms with Crippen molar-refractivity contribution in [2.45, 2.75) is 38.4 Å². The monoisotopic (exact) mass is 229 g/mol. The van der Waals surface area contributed by atoms with Crippen molar-refractivity contribution in [3.8, 4) is 0 Å². The largest absolute Gasteiger partial charge is 0.493 e. The van der Waals surface area contributed by atoms with Gasteiger partial charge in [-0.2, -0.15) is 0 Å². The highest BCUT2D eigenvalue weighted by Gasteiger charge is 2.39. The molecule has 2 aliphatic rings. The Morgan fingerprint density at radius 3 is 2.50 bits per heavy atom. The highest BCUT2D eigenvalue weighted by atomic mass is 16.7. The van der Waals surface area contributed by atoms with Gasteiger partial charge >= 0.3 is 0 Å². The van der Waals surface area contributed by atoms with E-state index in [4.69, 9.17) is 19.9 Å². The van der Waals surface area contributed by atoms with Gasteiger partial charge in [0.15, 0.2) is 6.29 Å². The smallest absolute Gasteiger partial charge is 0.176 e. The van der Waals surface area contributed by atoms with E-state index in [0.29, 0.717) is 13.2 Å². The molecule has 5 nitrogen and oxygen atoms in total. The van der Waals surface area contributed by atoms with Gasteiger partial charge in [-0.15, -0.1) is 0 Å². The Bertz CT molecular complexity index is 269. The molecule has 2 aliphatic heterocycles. The zero-order chi connectivity index (χ0) is 11.8. The molecule has 3 atom stereocenters. The summed E-state index contributed by atoms with van der Waals surface area (Å²) < 4.78 is 16.3. The number of aliphatic hydroxyl groups is 1. The second-order valence-corrected chi connectivity index (χ2v) is 5.15. The molecule has 0 saturated carbocycles. The molecule has 1 fully saturated rings. The number of nitrogens with two attached hydrogens (primary N) is 1. The quantitative estimate of drug-likeness (QED) is 0.696. The van der Waals surface area contributed by atoms with Crippen LogP contribution in [0.4, 0.5) is 0 Å². The van der Waals surface area contributed by atoms with Crippen LogP contribution in [-0.2, 0) is 14.2 Å². The zero-order valence-electron chi connectivity index (χ0n) is 9.63. The predicted molar refractivity (Wildman–Crippen MR) is 57.5 cm³/mol. The van der Waals surface area contributed by atoms with Gasteiger partial charge in [-0.3, -0.25) is 0 Å². The molecule has 0 bridgehead atoms. The van der Waals surface area contributed by atoms with Crippen LogP contribution in [0.25, 0.3) is 0 Å². The molecule has 3 N–H and O–H groups in total. The maximum Gasteiger partial charge on any atom is 0.176 e. The van der Waals surface area contributed by atoms with Gasteiger partial charge in [0.25, 0.3) is 0 Å². The lowest BCUT2D eigenvalue weighted by Crippen LogP contribution is -2.54. The molecular formula is C11H19NO4. The first kappa shape index (κ1) is 11.9. The van der Waals surface area contributed by atoms with Crippen molar-refractivity contribution in [2.75, 3.05) is 13.2 Å². The second kappa shape index (κ2) is 4.33. The summed E-state index contributed by atoms with van der Waals surface area (Å²) >= 11 is 0. The molecule has 1 saturated heterocycles. The van der Waals surface area contributed by atoms with Crippen molar-refractivity contribution in [3.05, 3.63) is 12.3 Å². The molecule has 0 aromatic carbocycles. The minimum absolute atomic E-state index is 0.0175. The van der Waals surface area contributed by atoms with E-state index in [1.807, 2.05) is 0 Å². The van der Waals surface area contributed by atoms with Crippen molar-refractivity contribution in [1.29, 1.82) is 0 Å². The maximum absolute atomic E-state index is 9.59. The fourth-order valence-corrected chi connectivity index (χ4v) is 1.81. The molecule has 2 rings (SSSR count). The van der Waals surface area contributed by atoms with E-state index in [9.17, 15) is 5.11 Å². The van der Waals surface area contributed by atoms with Gasteiger partial charge in [-0.1, -0.05) is 13.8 Å². The molecule has 2 heterocycles. The van der Waals surface area contributed by atoms with Gasteiger partial charge in [-0.25, -0.2) is 0 Å². The van der Waals surface area contributed by atoms with E-state index in [0.717, 1.165) is 0 Å². The molecule has 0 radical (unpaired) electrons. The van der Waals surface area contributed by atoms with E-state index in [2.05, 4.69) is 13.8 Å². The summed E-state index contributed by atoms with van der Waals surface area (Å²) in [5, 5.41) is 9.59. The Hall–Kier alpha value is -0.620. The van der Waals surface area contributed by atoms with Gasteiger partial charge in [0, 0.05) is 5.41 Å². The van der Waals surface area contributed by atoms with Crippen LogP contribution in [0.1, 0.15) is 13.8 Å². The third-order valence-corrected chi connectivity index (χ3v) is 2.82. The van der Waals surface area contributed by atoms with Crippen molar-refractivity contribution in [2.24, 2.45) is 11.1 Å². The van der Waals surface area contributed by atoms with Crippen LogP contribution in [0.3, 0.4) is 0 Å². The first-order chi connectivity index (χ1) is 7.49. The Labute approximate surface area is 95.2 Å². The molecule has 0 aromatic rings. The van der Waals surface area contributed by atoms with Crippen LogP contribution in [0, 0.1) is 5.41 Å². The third kappa shape index (κ3) is 2.38. The highest BCUT2D eigenvalue weighted by molar-refractivity contribution is 5.01. The fraction of sp³-hybridized carbons (Fsp3) is 0.818. The number of ether oxygens (including phenoxy) is 3. The van der Waals surface area contributed by atoms with Crippen LogP contribution in [0.2, 0.25) is 0 Å². The molecule has 0 spiro atoms. The molecule has 0 amide bonds. The van der Waals surface area contributed by atoms with Gasteiger partial charge in [0.2, 0.25) is 0 Å². The Morgan fingerprint density at radius 2 is 2.00 bits per heavy atom. The van der Waals surface area contributed by atoms with E-state index in [1.165, 1.54) is 6.26 Å². The number of hydrogen-bond acceptors (Lipinski definition) is 5. The summed E-state index contributed by atoms with van der Waals surface area (Å²) in [5.41, 5.74) is 5.98. The number of hydrogen-bond donors (Lipinski definition) is 2. The van der Waals surface area contributed by atoms with Crippen LogP contribution in [0.15, 0.2) is 12.3 Å². The van der Waals surface area contributed by atoms with Gasteiger partial charge < -0.3 is 25.1 Å². The van der Waals surface area contributed by atoms with E-state index < -0.39 is 24.5 Å². The maximum atomic E-state index is 9.59. The first-order valence-corrected chi connectivity index (χ1v) is 5.49. The minimum Gasteiger partial charge on any atom is -0.493 e. The highest BCUT2D eigenvalue weighted by Crippen LogP contribution is 2.26. The molecule has 0 aliphatic carbocycles. The molecule has 16 heavy (non-hydrogen) atoms. The van der Waals surface area contributed by atoms with E-state index in [1.54, 1.807) is 6.08 Å². The summed E-state index contributed by atoms with van der Waals surface area (Å²) in [6, 6.07) is -0.485. The van der Waals surface area contributed by atoms with Crippen molar-refractivity contribution in [3.63, 3.8) is 0 Å². The average Bonchev–Trinajstić information content (AvgIpc) is 2.63. The summed E-state index contributed by atoms with van der Waals surface area (Å²) in [4.78, 5) is 0. The third-order valence-electron chi connectivity index (χ3n) is 2.82. The summed E-state index contributed by atoms with van der Waals surface area (Å²) in [5.74, 6) is 0. The first-order valence-electron chi connectivity index (χ1n) is 5.49. The van der Waals surface area contributed by atoms with Crippen LogP contribution in [-0.4, -0.2) is 42.9 Å². The van der Waals surface area contributed by atoms with Crippen LogP contribution in [0.5, 0.6) is 0 Å². The average molecular weight is 229 g/mol. The molecular weight excluding hydrogens is 210 g/mol. The zero-order valence-corrected chi connectivity index (χ0v) is 9.63. The van der Waals surface area contributed by atoms with Gasteiger partial charge in [-0.05, 0) is 6.08 Å². The molecule has 5 heteroatoms. The molecule has 0 unspecified atom stereocenters. The van der Waals surface area contributed by atoms with Gasteiger partial charge in [0.05, 0.1) is 25.5 Å². The van der Waals surface area contributed by atoms with Gasteiger partial charge in [0.1, 0.15) is 12.2 Å². The number of aliphatic hydroxyl groups excluding tert-OH is 1. The lowest BCUT2D eigenvalue weighted by molar-refractivity contribution is -0.240. The Morgan fingerprint density at radius 1 is 1.38 bits per heavy atom. The topological polar surface area (TPSA) is 73.9 Å². The summed E-state index contributed by atoms with van der Waals surface area (Å²) in [6.45, 7) is 5.33. The normalized spacial score (nSPS) is 36.0. The fourth-order valence-electron chi connectivity index (χ4n) is 1.81. The van der Waals surface area contributed by atoms with Crippen molar-refractivity contribution >= 4 is 0 Å². The molecule has 0 aromatic heterocycles. The lowest BCUT2D eigenvalue weighted by atomic mass is 9.95. The number of rotatable bonds is 2. The second-order valence-electron chi connectivity index (χ2n) is 5.15. The minimum atomic E-state index is -0.683. The van der Waals surface area contributed by atoms with E-state index in [-0.39, 0.29) is 5.41 Å². The predicted octanol–water partition coefficient (Wildman–Crippen LogP) is -0.0138. The SMILES string of the molecule is CC1(C)COC([C@@H](N)[C@@H]2OC=C[C@@H]2O)OC1. The standard InChI is InChI=1S/C11H19NO4/c1-11(2)5-15-10(16-6-11)8(12)9-7(13)3-4-14-9/h3-4,7-10,13H,5-6,12H2,1-2H3/t7-,8-,9+/m0/s1. The molecule has 92 valence electrons. The van der Waals surface area contributed by atoms with Crippen molar-refractivity contribution < 1.29 is 19.3 Å². The van der Waals surface area contributed by atoms with Crippen LogP contribution >= 0.6 is 0 Å². The van der Waals surface area contributed by atoms with E-state index >= 15 is 0 Å². The van der Waals surface area contributed by atoms with Crippen molar-refractivity contribution in [1.82, 2.24) is 0 Å².